The lowest BCUT2D eigenvalue weighted by Gasteiger charge is -2.38. The Labute approximate surface area is 66.0 Å². The standard InChI is InChI=1S/C8H15F2N/c1-7(9,10)8(11)5-3-2-4-6-8/h2-6,11H2,1H3. The van der Waals surface area contributed by atoms with Gasteiger partial charge in [-0.1, -0.05) is 19.3 Å². The lowest BCUT2D eigenvalue weighted by atomic mass is 9.78. The second-order valence-corrected chi connectivity index (χ2v) is 3.61. The quantitative estimate of drug-likeness (QED) is 0.630. The Hall–Kier alpha value is -0.180. The summed E-state index contributed by atoms with van der Waals surface area (Å²) >= 11 is 0. The van der Waals surface area contributed by atoms with E-state index < -0.39 is 11.5 Å². The minimum Gasteiger partial charge on any atom is -0.320 e. The van der Waals surface area contributed by atoms with Crippen molar-refractivity contribution in [1.82, 2.24) is 0 Å². The summed E-state index contributed by atoms with van der Waals surface area (Å²) in [6.07, 6.45) is 3.68. The summed E-state index contributed by atoms with van der Waals surface area (Å²) < 4.78 is 25.7. The Bertz CT molecular complexity index is 134. The molecular formula is C8H15F2N. The molecule has 1 nitrogen and oxygen atoms in total. The summed E-state index contributed by atoms with van der Waals surface area (Å²) in [6.45, 7) is 0.929. The van der Waals surface area contributed by atoms with Crippen molar-refractivity contribution in [2.45, 2.75) is 50.5 Å². The van der Waals surface area contributed by atoms with Crippen LogP contribution < -0.4 is 5.73 Å². The maximum absolute atomic E-state index is 12.9. The fourth-order valence-electron chi connectivity index (χ4n) is 1.62. The molecule has 0 heterocycles. The van der Waals surface area contributed by atoms with Gasteiger partial charge < -0.3 is 5.73 Å². The van der Waals surface area contributed by atoms with Gasteiger partial charge in [-0.15, -0.1) is 0 Å². The molecule has 1 fully saturated rings. The van der Waals surface area contributed by atoms with Gasteiger partial charge >= 0.3 is 0 Å². The van der Waals surface area contributed by atoms with E-state index in [4.69, 9.17) is 5.73 Å². The Kier molecular flexibility index (Phi) is 2.19. The van der Waals surface area contributed by atoms with E-state index in [-0.39, 0.29) is 0 Å². The van der Waals surface area contributed by atoms with E-state index in [1.54, 1.807) is 0 Å². The third kappa shape index (κ3) is 1.70. The lowest BCUT2D eigenvalue weighted by molar-refractivity contribution is -0.0714. The van der Waals surface area contributed by atoms with Crippen molar-refractivity contribution in [3.63, 3.8) is 0 Å². The average molecular weight is 163 g/mol. The van der Waals surface area contributed by atoms with Crippen molar-refractivity contribution < 1.29 is 8.78 Å². The highest BCUT2D eigenvalue weighted by Gasteiger charge is 2.46. The fraction of sp³-hybridized carbons (Fsp3) is 1.00. The molecule has 1 saturated carbocycles. The zero-order chi connectivity index (χ0) is 8.54. The van der Waals surface area contributed by atoms with Crippen LogP contribution in [0.5, 0.6) is 0 Å². The second kappa shape index (κ2) is 2.70. The van der Waals surface area contributed by atoms with E-state index in [1.165, 1.54) is 0 Å². The molecule has 1 aliphatic carbocycles. The van der Waals surface area contributed by atoms with Gasteiger partial charge in [-0.2, -0.15) is 0 Å². The van der Waals surface area contributed by atoms with Gasteiger partial charge in [0.2, 0.25) is 0 Å². The topological polar surface area (TPSA) is 26.0 Å². The molecule has 0 radical (unpaired) electrons. The first-order valence-electron chi connectivity index (χ1n) is 4.12. The van der Waals surface area contributed by atoms with Crippen LogP contribution in [-0.2, 0) is 0 Å². The summed E-state index contributed by atoms with van der Waals surface area (Å²) in [4.78, 5) is 0. The molecule has 2 N–H and O–H groups in total. The van der Waals surface area contributed by atoms with Gasteiger partial charge in [0.25, 0.3) is 5.92 Å². The van der Waals surface area contributed by atoms with Crippen molar-refractivity contribution in [1.29, 1.82) is 0 Å². The van der Waals surface area contributed by atoms with Gasteiger partial charge in [0, 0.05) is 6.92 Å². The van der Waals surface area contributed by atoms with Crippen LogP contribution in [0.2, 0.25) is 0 Å². The molecule has 0 atom stereocenters. The third-order valence-corrected chi connectivity index (χ3v) is 2.62. The SMILES string of the molecule is CC(F)(F)C1(N)CCCCC1. The molecule has 0 unspecified atom stereocenters. The van der Waals surface area contributed by atoms with Crippen LogP contribution in [0, 0.1) is 0 Å². The number of hydrogen-bond donors (Lipinski definition) is 1. The first kappa shape index (κ1) is 8.91. The zero-order valence-electron chi connectivity index (χ0n) is 6.87. The zero-order valence-corrected chi connectivity index (χ0v) is 6.87. The second-order valence-electron chi connectivity index (χ2n) is 3.61. The maximum Gasteiger partial charge on any atom is 0.262 e. The van der Waals surface area contributed by atoms with Crippen LogP contribution in [0.4, 0.5) is 8.78 Å². The highest BCUT2D eigenvalue weighted by molar-refractivity contribution is 4.96. The molecule has 0 spiro atoms. The van der Waals surface area contributed by atoms with E-state index >= 15 is 0 Å². The van der Waals surface area contributed by atoms with Gasteiger partial charge in [-0.3, -0.25) is 0 Å². The van der Waals surface area contributed by atoms with Crippen LogP contribution in [0.1, 0.15) is 39.0 Å². The predicted molar refractivity (Wildman–Crippen MR) is 40.6 cm³/mol. The molecular weight excluding hydrogens is 148 g/mol. The minimum atomic E-state index is -2.71. The Balaban J connectivity index is 2.64. The van der Waals surface area contributed by atoms with Crippen molar-refractivity contribution in [2.75, 3.05) is 0 Å². The maximum atomic E-state index is 12.9. The smallest absolute Gasteiger partial charge is 0.262 e. The van der Waals surface area contributed by atoms with Crippen molar-refractivity contribution >= 4 is 0 Å². The fourth-order valence-corrected chi connectivity index (χ4v) is 1.62. The van der Waals surface area contributed by atoms with Crippen LogP contribution in [0.25, 0.3) is 0 Å². The number of nitrogens with two attached hydrogens (primary N) is 1. The monoisotopic (exact) mass is 163 g/mol. The number of alkyl halides is 2. The average Bonchev–Trinajstić information content (AvgIpc) is 1.87. The normalized spacial score (nSPS) is 25.1. The summed E-state index contributed by atoms with van der Waals surface area (Å²) in [6, 6.07) is 0. The highest BCUT2D eigenvalue weighted by Crippen LogP contribution is 2.37. The largest absolute Gasteiger partial charge is 0.320 e. The first-order valence-corrected chi connectivity index (χ1v) is 4.12. The van der Waals surface area contributed by atoms with E-state index in [0.717, 1.165) is 26.2 Å². The van der Waals surface area contributed by atoms with Gasteiger partial charge in [-0.05, 0) is 12.8 Å². The van der Waals surface area contributed by atoms with Crippen LogP contribution in [0.15, 0.2) is 0 Å². The molecule has 0 aromatic carbocycles. The molecule has 0 aromatic heterocycles. The van der Waals surface area contributed by atoms with E-state index in [0.29, 0.717) is 12.8 Å². The molecule has 0 saturated heterocycles. The molecule has 0 bridgehead atoms. The number of rotatable bonds is 1. The minimum absolute atomic E-state index is 0.469. The van der Waals surface area contributed by atoms with Crippen LogP contribution >= 0.6 is 0 Å². The van der Waals surface area contributed by atoms with Gasteiger partial charge in [0.1, 0.15) is 0 Å². The lowest BCUT2D eigenvalue weighted by Crippen LogP contribution is -2.55. The molecule has 1 aliphatic rings. The Morgan fingerprint density at radius 2 is 1.64 bits per heavy atom. The molecule has 66 valence electrons. The summed E-state index contributed by atoms with van der Waals surface area (Å²) in [5.74, 6) is -2.71. The highest BCUT2D eigenvalue weighted by atomic mass is 19.3. The Morgan fingerprint density at radius 1 is 1.18 bits per heavy atom. The summed E-state index contributed by atoms with van der Waals surface area (Å²) in [5.41, 5.74) is 4.37. The van der Waals surface area contributed by atoms with Crippen molar-refractivity contribution in [3.8, 4) is 0 Å². The molecule has 0 aliphatic heterocycles. The van der Waals surface area contributed by atoms with Crippen LogP contribution in [0.3, 0.4) is 0 Å². The number of halogens is 2. The Morgan fingerprint density at radius 3 is 1.91 bits per heavy atom. The van der Waals surface area contributed by atoms with E-state index in [9.17, 15) is 8.78 Å². The van der Waals surface area contributed by atoms with Gasteiger partial charge in [-0.25, -0.2) is 8.78 Å². The predicted octanol–water partition coefficient (Wildman–Crippen LogP) is 2.30. The molecule has 3 heteroatoms. The van der Waals surface area contributed by atoms with Gasteiger partial charge in [0.05, 0.1) is 5.54 Å². The van der Waals surface area contributed by atoms with Crippen molar-refractivity contribution in [2.24, 2.45) is 5.73 Å². The molecule has 0 amide bonds. The molecule has 11 heavy (non-hydrogen) atoms. The van der Waals surface area contributed by atoms with Gasteiger partial charge in [0.15, 0.2) is 0 Å². The summed E-state index contributed by atoms with van der Waals surface area (Å²) in [5, 5.41) is 0. The molecule has 1 rings (SSSR count). The van der Waals surface area contributed by atoms with Crippen molar-refractivity contribution in [3.05, 3.63) is 0 Å². The third-order valence-electron chi connectivity index (χ3n) is 2.62. The van der Waals surface area contributed by atoms with E-state index in [2.05, 4.69) is 0 Å². The number of hydrogen-bond acceptors (Lipinski definition) is 1. The van der Waals surface area contributed by atoms with Crippen LogP contribution in [-0.4, -0.2) is 11.5 Å². The molecule has 0 aromatic rings. The first-order chi connectivity index (χ1) is 4.96. The summed E-state index contributed by atoms with van der Waals surface area (Å²) in [7, 11) is 0. The van der Waals surface area contributed by atoms with E-state index in [1.807, 2.05) is 0 Å².